The maximum atomic E-state index is 13.7. The molecule has 0 aliphatic rings. The predicted molar refractivity (Wildman–Crippen MR) is 125 cm³/mol. The van der Waals surface area contributed by atoms with Crippen LogP contribution in [0.3, 0.4) is 0 Å². The molecule has 0 bridgehead atoms. The van der Waals surface area contributed by atoms with Crippen molar-refractivity contribution in [2.75, 3.05) is 0 Å². The molecule has 4 aromatic rings. The summed E-state index contributed by atoms with van der Waals surface area (Å²) in [4.78, 5) is 13.7. The molecule has 0 fully saturated rings. The van der Waals surface area contributed by atoms with Crippen LogP contribution in [0.5, 0.6) is 0 Å². The van der Waals surface area contributed by atoms with Gasteiger partial charge < -0.3 is 0 Å². The maximum Gasteiger partial charge on any atom is 0.203 e. The standard InChI is InChI=1S/C27H24OP/c1-22(27(28)23-14-6-2-7-15-23)29(24-16-8-3-9-17-24,25-18-10-4-11-19-25)26-20-12-5-13-21-26/h2-22H,1H3/q+1/t22-/m0/s1. The molecule has 4 aromatic carbocycles. The van der Waals surface area contributed by atoms with E-state index in [9.17, 15) is 4.79 Å². The Morgan fingerprint density at radius 2 is 0.862 bits per heavy atom. The number of Topliss-reactive ketones (excluding diaryl/α,β-unsaturated/α-hetero) is 1. The van der Waals surface area contributed by atoms with Gasteiger partial charge in [-0.2, -0.15) is 0 Å². The minimum Gasteiger partial charge on any atom is -0.290 e. The molecule has 0 heterocycles. The Balaban J connectivity index is 2.01. The van der Waals surface area contributed by atoms with Gasteiger partial charge in [0.1, 0.15) is 28.8 Å². The Hall–Kier alpha value is -3.02. The SMILES string of the molecule is C[C@@H](C(=O)c1ccccc1)[P+](c1ccccc1)(c1ccccc1)c1ccccc1. The molecule has 0 unspecified atom stereocenters. The molecule has 0 aliphatic carbocycles. The van der Waals surface area contributed by atoms with Crippen molar-refractivity contribution in [1.29, 1.82) is 0 Å². The molecule has 0 aromatic heterocycles. The highest BCUT2D eigenvalue weighted by Gasteiger charge is 2.53. The fraction of sp³-hybridized carbons (Fsp3) is 0.0741. The number of carbonyl (C=O) groups is 1. The molecule has 0 amide bonds. The van der Waals surface area contributed by atoms with Gasteiger partial charge in [-0.3, -0.25) is 4.79 Å². The molecule has 0 spiro atoms. The van der Waals surface area contributed by atoms with Crippen LogP contribution in [0, 0.1) is 0 Å². The summed E-state index contributed by atoms with van der Waals surface area (Å²) in [5, 5.41) is 3.69. The van der Waals surface area contributed by atoms with E-state index in [0.717, 1.165) is 5.56 Å². The summed E-state index contributed by atoms with van der Waals surface area (Å²) in [6.07, 6.45) is 0. The van der Waals surface area contributed by atoms with Gasteiger partial charge in [-0.25, -0.2) is 0 Å². The summed E-state index contributed by atoms with van der Waals surface area (Å²) in [6, 6.07) is 41.4. The van der Waals surface area contributed by atoms with E-state index in [1.165, 1.54) is 15.9 Å². The summed E-state index contributed by atoms with van der Waals surface area (Å²) >= 11 is 0. The zero-order chi connectivity index (χ0) is 20.1. The van der Waals surface area contributed by atoms with E-state index >= 15 is 0 Å². The highest BCUT2D eigenvalue weighted by atomic mass is 31.2. The first-order valence-electron chi connectivity index (χ1n) is 9.89. The van der Waals surface area contributed by atoms with Gasteiger partial charge in [0.25, 0.3) is 0 Å². The van der Waals surface area contributed by atoms with Crippen LogP contribution in [-0.4, -0.2) is 11.4 Å². The van der Waals surface area contributed by atoms with Crippen molar-refractivity contribution >= 4 is 29.0 Å². The van der Waals surface area contributed by atoms with Crippen LogP contribution >= 0.6 is 7.26 Å². The molecular formula is C27H24OP+. The van der Waals surface area contributed by atoms with E-state index < -0.39 is 7.26 Å². The fourth-order valence-electron chi connectivity index (χ4n) is 4.13. The van der Waals surface area contributed by atoms with Crippen molar-refractivity contribution < 1.29 is 4.79 Å². The van der Waals surface area contributed by atoms with E-state index in [1.54, 1.807) is 0 Å². The summed E-state index contributed by atoms with van der Waals surface area (Å²) in [5.74, 6) is 0.190. The quantitative estimate of drug-likeness (QED) is 0.322. The fourth-order valence-corrected chi connectivity index (χ4v) is 8.79. The first kappa shape index (κ1) is 19.3. The lowest BCUT2D eigenvalue weighted by Gasteiger charge is -2.32. The highest BCUT2D eigenvalue weighted by molar-refractivity contribution is 7.96. The molecule has 0 saturated carbocycles. The summed E-state index contributed by atoms with van der Waals surface area (Å²) in [5.41, 5.74) is 0.587. The third kappa shape index (κ3) is 3.55. The number of ketones is 1. The van der Waals surface area contributed by atoms with Crippen molar-refractivity contribution in [2.24, 2.45) is 0 Å². The van der Waals surface area contributed by atoms with Gasteiger partial charge >= 0.3 is 0 Å². The summed E-state index contributed by atoms with van der Waals surface area (Å²) < 4.78 is 0. The lowest BCUT2D eigenvalue weighted by Crippen LogP contribution is -2.41. The molecule has 0 N–H and O–H groups in total. The van der Waals surface area contributed by atoms with Crippen LogP contribution in [-0.2, 0) is 0 Å². The Bertz CT molecular complexity index is 964. The molecule has 0 radical (unpaired) electrons. The molecular weight excluding hydrogens is 371 g/mol. The Kier molecular flexibility index (Phi) is 5.69. The van der Waals surface area contributed by atoms with E-state index in [2.05, 4.69) is 79.7 Å². The van der Waals surface area contributed by atoms with Gasteiger partial charge in [0.2, 0.25) is 5.78 Å². The van der Waals surface area contributed by atoms with Crippen molar-refractivity contribution in [2.45, 2.75) is 12.6 Å². The molecule has 1 atom stereocenters. The Morgan fingerprint density at radius 3 is 1.21 bits per heavy atom. The van der Waals surface area contributed by atoms with Gasteiger partial charge in [-0.1, -0.05) is 84.9 Å². The number of rotatable bonds is 6. The largest absolute Gasteiger partial charge is 0.290 e. The van der Waals surface area contributed by atoms with Crippen molar-refractivity contribution in [1.82, 2.24) is 0 Å². The van der Waals surface area contributed by atoms with E-state index in [-0.39, 0.29) is 11.4 Å². The van der Waals surface area contributed by atoms with Crippen LogP contribution in [0.2, 0.25) is 0 Å². The molecule has 1 nitrogen and oxygen atoms in total. The van der Waals surface area contributed by atoms with Crippen molar-refractivity contribution in [3.05, 3.63) is 127 Å². The number of hydrogen-bond donors (Lipinski definition) is 0. The van der Waals surface area contributed by atoms with Crippen LogP contribution < -0.4 is 15.9 Å². The molecule has 0 saturated heterocycles. The van der Waals surface area contributed by atoms with Gasteiger partial charge in [-0.05, 0) is 43.3 Å². The Labute approximate surface area is 173 Å². The smallest absolute Gasteiger partial charge is 0.203 e. The third-order valence-corrected chi connectivity index (χ3v) is 10.2. The third-order valence-electron chi connectivity index (χ3n) is 5.51. The minimum atomic E-state index is -2.22. The van der Waals surface area contributed by atoms with Crippen LogP contribution in [0.15, 0.2) is 121 Å². The van der Waals surface area contributed by atoms with Gasteiger partial charge in [0.05, 0.1) is 0 Å². The maximum absolute atomic E-state index is 13.7. The lowest BCUT2D eigenvalue weighted by molar-refractivity contribution is 0.0992. The normalized spacial score (nSPS) is 12.3. The molecule has 0 aliphatic heterocycles. The first-order valence-corrected chi connectivity index (χ1v) is 11.7. The zero-order valence-electron chi connectivity index (χ0n) is 16.5. The second-order valence-electron chi connectivity index (χ2n) is 7.14. The van der Waals surface area contributed by atoms with E-state index in [0.29, 0.717) is 0 Å². The Morgan fingerprint density at radius 1 is 0.552 bits per heavy atom. The molecule has 29 heavy (non-hydrogen) atoms. The van der Waals surface area contributed by atoms with Crippen molar-refractivity contribution in [3.8, 4) is 0 Å². The molecule has 4 rings (SSSR count). The second-order valence-corrected chi connectivity index (χ2v) is 10.9. The van der Waals surface area contributed by atoms with Crippen LogP contribution in [0.1, 0.15) is 17.3 Å². The van der Waals surface area contributed by atoms with Crippen LogP contribution in [0.4, 0.5) is 0 Å². The first-order chi connectivity index (χ1) is 14.2. The van der Waals surface area contributed by atoms with Gasteiger partial charge in [-0.15, -0.1) is 0 Å². The van der Waals surface area contributed by atoms with Crippen LogP contribution in [0.25, 0.3) is 0 Å². The van der Waals surface area contributed by atoms with Crippen molar-refractivity contribution in [3.63, 3.8) is 0 Å². The average molecular weight is 395 g/mol. The predicted octanol–water partition coefficient (Wildman–Crippen LogP) is 5.25. The summed E-state index contributed by atoms with van der Waals surface area (Å²) in [7, 11) is -2.22. The topological polar surface area (TPSA) is 17.1 Å². The minimum absolute atomic E-state index is 0.183. The number of hydrogen-bond acceptors (Lipinski definition) is 1. The van der Waals surface area contributed by atoms with Gasteiger partial charge in [0, 0.05) is 5.56 Å². The average Bonchev–Trinajstić information content (AvgIpc) is 2.82. The monoisotopic (exact) mass is 395 g/mol. The number of benzene rings is 4. The molecule has 142 valence electrons. The number of carbonyl (C=O) groups excluding carboxylic acids is 1. The van der Waals surface area contributed by atoms with Gasteiger partial charge in [0.15, 0.2) is 0 Å². The molecule has 2 heteroatoms. The summed E-state index contributed by atoms with van der Waals surface area (Å²) in [6.45, 7) is 2.11. The van der Waals surface area contributed by atoms with E-state index in [1.807, 2.05) is 48.5 Å². The van der Waals surface area contributed by atoms with E-state index in [4.69, 9.17) is 0 Å². The zero-order valence-corrected chi connectivity index (χ0v) is 17.4. The second kappa shape index (κ2) is 8.55. The highest BCUT2D eigenvalue weighted by Crippen LogP contribution is 2.60. The lowest BCUT2D eigenvalue weighted by atomic mass is 10.1.